The normalized spacial score (nSPS) is 11.4. The maximum atomic E-state index is 11.9. The van der Waals surface area contributed by atoms with Crippen molar-refractivity contribution in [1.82, 2.24) is 14.9 Å². The van der Waals surface area contributed by atoms with E-state index in [4.69, 9.17) is 0 Å². The Morgan fingerprint density at radius 3 is 2.55 bits per heavy atom. The van der Waals surface area contributed by atoms with E-state index in [1.807, 2.05) is 13.0 Å². The number of nitrogens with zero attached hydrogens (tertiary/aromatic N) is 1. The van der Waals surface area contributed by atoms with Crippen molar-refractivity contribution in [2.24, 2.45) is 0 Å². The van der Waals surface area contributed by atoms with Gasteiger partial charge in [0.2, 0.25) is 10.0 Å². The van der Waals surface area contributed by atoms with Crippen molar-refractivity contribution in [3.63, 3.8) is 0 Å². The summed E-state index contributed by atoms with van der Waals surface area (Å²) < 4.78 is 26.3. The third-order valence-electron chi connectivity index (χ3n) is 2.75. The summed E-state index contributed by atoms with van der Waals surface area (Å²) in [5.74, 6) is 0. The average Bonchev–Trinajstić information content (AvgIpc) is 2.97. The maximum Gasteiger partial charge on any atom is 0.240 e. The standard InChI is InChI=1S/C13H18N4O2S/c1-2-8-16-20(18,19)13-5-3-11(4-6-13)14-10-12-7-9-15-17-12/h3-7,9,14,16H,2,8,10H2,1H3,(H,15,17). The average molecular weight is 294 g/mol. The topological polar surface area (TPSA) is 86.9 Å². The highest BCUT2D eigenvalue weighted by molar-refractivity contribution is 7.89. The van der Waals surface area contributed by atoms with Crippen LogP contribution in [0, 0.1) is 0 Å². The van der Waals surface area contributed by atoms with E-state index in [0.717, 1.165) is 17.8 Å². The van der Waals surface area contributed by atoms with E-state index in [1.165, 1.54) is 0 Å². The van der Waals surface area contributed by atoms with Crippen LogP contribution in [-0.4, -0.2) is 25.2 Å². The number of hydrogen-bond donors (Lipinski definition) is 3. The maximum absolute atomic E-state index is 11.9. The largest absolute Gasteiger partial charge is 0.379 e. The Morgan fingerprint density at radius 2 is 1.95 bits per heavy atom. The number of rotatable bonds is 7. The predicted molar refractivity (Wildman–Crippen MR) is 77.8 cm³/mol. The number of aromatic amines is 1. The van der Waals surface area contributed by atoms with Gasteiger partial charge in [-0.3, -0.25) is 5.10 Å². The van der Waals surface area contributed by atoms with Gasteiger partial charge < -0.3 is 5.32 Å². The van der Waals surface area contributed by atoms with Crippen molar-refractivity contribution < 1.29 is 8.42 Å². The van der Waals surface area contributed by atoms with Gasteiger partial charge in [-0.2, -0.15) is 5.10 Å². The van der Waals surface area contributed by atoms with Gasteiger partial charge in [0.25, 0.3) is 0 Å². The van der Waals surface area contributed by atoms with Gasteiger partial charge in [-0.15, -0.1) is 0 Å². The van der Waals surface area contributed by atoms with Gasteiger partial charge in [0.1, 0.15) is 0 Å². The lowest BCUT2D eigenvalue weighted by molar-refractivity contribution is 0.581. The summed E-state index contributed by atoms with van der Waals surface area (Å²) in [4.78, 5) is 0.276. The second-order valence-electron chi connectivity index (χ2n) is 4.36. The van der Waals surface area contributed by atoms with Crippen molar-refractivity contribution in [1.29, 1.82) is 0 Å². The molecule has 1 aromatic heterocycles. The smallest absolute Gasteiger partial charge is 0.240 e. The van der Waals surface area contributed by atoms with Crippen molar-refractivity contribution in [2.45, 2.75) is 24.8 Å². The molecule has 2 aromatic rings. The first-order valence-electron chi connectivity index (χ1n) is 6.43. The van der Waals surface area contributed by atoms with Crippen LogP contribution < -0.4 is 10.0 Å². The van der Waals surface area contributed by atoms with E-state index in [9.17, 15) is 8.42 Å². The second-order valence-corrected chi connectivity index (χ2v) is 6.12. The van der Waals surface area contributed by atoms with Crippen LogP contribution >= 0.6 is 0 Å². The molecule has 0 atom stereocenters. The molecular weight excluding hydrogens is 276 g/mol. The summed E-state index contributed by atoms with van der Waals surface area (Å²) in [6, 6.07) is 8.55. The van der Waals surface area contributed by atoms with Crippen molar-refractivity contribution in [3.05, 3.63) is 42.2 Å². The molecule has 0 aliphatic heterocycles. The molecule has 1 aromatic carbocycles. The van der Waals surface area contributed by atoms with E-state index in [0.29, 0.717) is 13.1 Å². The number of H-pyrrole nitrogens is 1. The molecule has 0 aliphatic carbocycles. The predicted octanol–water partition coefficient (Wildman–Crippen LogP) is 1.71. The Morgan fingerprint density at radius 1 is 1.20 bits per heavy atom. The summed E-state index contributed by atoms with van der Waals surface area (Å²) >= 11 is 0. The molecule has 0 saturated heterocycles. The van der Waals surface area contributed by atoms with Crippen LogP contribution in [0.1, 0.15) is 19.0 Å². The quantitative estimate of drug-likeness (QED) is 0.725. The third-order valence-corrected chi connectivity index (χ3v) is 4.23. The molecule has 0 aliphatic rings. The first-order valence-corrected chi connectivity index (χ1v) is 7.92. The summed E-state index contributed by atoms with van der Waals surface area (Å²) in [6.07, 6.45) is 2.45. The lowest BCUT2D eigenvalue weighted by atomic mass is 10.3. The molecule has 3 N–H and O–H groups in total. The molecule has 0 amide bonds. The van der Waals surface area contributed by atoms with Crippen LogP contribution in [0.4, 0.5) is 5.69 Å². The molecule has 0 fully saturated rings. The van der Waals surface area contributed by atoms with Crippen LogP contribution in [0.3, 0.4) is 0 Å². The zero-order chi connectivity index (χ0) is 14.4. The van der Waals surface area contributed by atoms with Crippen LogP contribution in [0.2, 0.25) is 0 Å². The third kappa shape index (κ3) is 3.82. The molecule has 0 spiro atoms. The van der Waals surface area contributed by atoms with Crippen LogP contribution in [-0.2, 0) is 16.6 Å². The zero-order valence-corrected chi connectivity index (χ0v) is 12.1. The highest BCUT2D eigenvalue weighted by atomic mass is 32.2. The van der Waals surface area contributed by atoms with Gasteiger partial charge in [-0.1, -0.05) is 6.92 Å². The van der Waals surface area contributed by atoms with Crippen LogP contribution in [0.25, 0.3) is 0 Å². The molecule has 108 valence electrons. The number of anilines is 1. The van der Waals surface area contributed by atoms with Gasteiger partial charge >= 0.3 is 0 Å². The highest BCUT2D eigenvalue weighted by Crippen LogP contribution is 2.14. The van der Waals surface area contributed by atoms with E-state index < -0.39 is 10.0 Å². The monoisotopic (exact) mass is 294 g/mol. The van der Waals surface area contributed by atoms with E-state index in [2.05, 4.69) is 20.2 Å². The van der Waals surface area contributed by atoms with Crippen molar-refractivity contribution in [2.75, 3.05) is 11.9 Å². The molecule has 0 unspecified atom stereocenters. The first kappa shape index (κ1) is 14.5. The van der Waals surface area contributed by atoms with E-state index >= 15 is 0 Å². The SMILES string of the molecule is CCCNS(=O)(=O)c1ccc(NCc2ccn[nH]2)cc1. The minimum Gasteiger partial charge on any atom is -0.379 e. The number of sulfonamides is 1. The van der Waals surface area contributed by atoms with Crippen LogP contribution in [0.15, 0.2) is 41.4 Å². The fourth-order valence-electron chi connectivity index (χ4n) is 1.65. The number of benzene rings is 1. The molecule has 7 heteroatoms. The summed E-state index contributed by atoms with van der Waals surface area (Å²) in [5, 5.41) is 9.89. The molecule has 20 heavy (non-hydrogen) atoms. The Balaban J connectivity index is 1.99. The number of aromatic nitrogens is 2. The van der Waals surface area contributed by atoms with Gasteiger partial charge in [0, 0.05) is 18.4 Å². The van der Waals surface area contributed by atoms with E-state index in [1.54, 1.807) is 30.5 Å². The first-order chi connectivity index (χ1) is 9.62. The van der Waals surface area contributed by atoms with Crippen LogP contribution in [0.5, 0.6) is 0 Å². The van der Waals surface area contributed by atoms with Crippen molar-refractivity contribution in [3.8, 4) is 0 Å². The molecule has 0 radical (unpaired) electrons. The van der Waals surface area contributed by atoms with Gasteiger partial charge in [0.15, 0.2) is 0 Å². The molecule has 2 rings (SSSR count). The van der Waals surface area contributed by atoms with E-state index in [-0.39, 0.29) is 4.90 Å². The van der Waals surface area contributed by atoms with Gasteiger partial charge in [0.05, 0.1) is 17.1 Å². The fourth-order valence-corrected chi connectivity index (χ4v) is 2.79. The molecule has 0 bridgehead atoms. The molecule has 6 nitrogen and oxygen atoms in total. The Kier molecular flexibility index (Phi) is 4.75. The Bertz CT molecular complexity index is 621. The minimum atomic E-state index is -3.39. The van der Waals surface area contributed by atoms with Crippen molar-refractivity contribution >= 4 is 15.7 Å². The highest BCUT2D eigenvalue weighted by Gasteiger charge is 2.12. The lowest BCUT2D eigenvalue weighted by Gasteiger charge is -2.08. The molecule has 0 saturated carbocycles. The minimum absolute atomic E-state index is 0.276. The zero-order valence-electron chi connectivity index (χ0n) is 11.3. The lowest BCUT2D eigenvalue weighted by Crippen LogP contribution is -2.24. The van der Waals surface area contributed by atoms with Gasteiger partial charge in [-0.25, -0.2) is 13.1 Å². The molecule has 1 heterocycles. The molecular formula is C13H18N4O2S. The number of nitrogens with one attached hydrogen (secondary N) is 3. The summed E-state index contributed by atoms with van der Waals surface area (Å²) in [6.45, 7) is 2.98. The second kappa shape index (κ2) is 6.53. The number of hydrogen-bond acceptors (Lipinski definition) is 4. The Hall–Kier alpha value is -1.86. The summed E-state index contributed by atoms with van der Waals surface area (Å²) in [5.41, 5.74) is 1.82. The summed E-state index contributed by atoms with van der Waals surface area (Å²) in [7, 11) is -3.39. The van der Waals surface area contributed by atoms with Gasteiger partial charge in [-0.05, 0) is 36.8 Å². The fraction of sp³-hybridized carbons (Fsp3) is 0.308. The Labute approximate surface area is 118 Å².